The number of aliphatic imine (C=N–C) groups is 1. The zero-order valence-electron chi connectivity index (χ0n) is 8.48. The van der Waals surface area contributed by atoms with Crippen LogP contribution in [0, 0.1) is 0 Å². The van der Waals surface area contributed by atoms with Crippen LogP contribution in [0.4, 0.5) is 13.2 Å². The van der Waals surface area contributed by atoms with E-state index >= 15 is 0 Å². The van der Waals surface area contributed by atoms with Crippen LogP contribution in [0.1, 0.15) is 19.3 Å². The van der Waals surface area contributed by atoms with Crippen molar-refractivity contribution in [2.45, 2.75) is 25.4 Å². The fourth-order valence-electron chi connectivity index (χ4n) is 0.869. The van der Waals surface area contributed by atoms with Crippen LogP contribution in [-0.4, -0.2) is 25.2 Å². The molecule has 0 aliphatic carbocycles. The maximum Gasteiger partial charge on any atom is 0.389 e. The van der Waals surface area contributed by atoms with Gasteiger partial charge in [0.2, 0.25) is 0 Å². The number of nitrogens with two attached hydrogens (primary N) is 1. The van der Waals surface area contributed by atoms with Gasteiger partial charge in [-0.05, 0) is 12.8 Å². The first kappa shape index (κ1) is 13.8. The second kappa shape index (κ2) is 7.14. The molecule has 0 radical (unpaired) electrons. The van der Waals surface area contributed by atoms with Crippen molar-refractivity contribution in [2.24, 2.45) is 10.7 Å². The van der Waals surface area contributed by atoms with Crippen LogP contribution in [0.2, 0.25) is 0 Å². The summed E-state index contributed by atoms with van der Waals surface area (Å²) in [5, 5.41) is 2.73. The van der Waals surface area contributed by atoms with Gasteiger partial charge in [-0.15, -0.1) is 6.58 Å². The molecule has 0 aromatic heterocycles. The Bertz CT molecular complexity index is 211. The van der Waals surface area contributed by atoms with E-state index in [0.29, 0.717) is 19.5 Å². The van der Waals surface area contributed by atoms with E-state index in [-0.39, 0.29) is 12.4 Å². The minimum absolute atomic E-state index is 0.0851. The van der Waals surface area contributed by atoms with Gasteiger partial charge in [-0.25, -0.2) is 0 Å². The average Bonchev–Trinajstić information content (AvgIpc) is 2.12. The summed E-state index contributed by atoms with van der Waals surface area (Å²) in [5.41, 5.74) is 5.40. The smallest absolute Gasteiger partial charge is 0.370 e. The van der Waals surface area contributed by atoms with Gasteiger partial charge in [-0.3, -0.25) is 4.99 Å². The molecule has 0 unspecified atom stereocenters. The SMILES string of the molecule is C=CCNC(N)=NCCCCC(F)(F)F. The molecule has 0 bridgehead atoms. The van der Waals surface area contributed by atoms with Gasteiger partial charge in [0.15, 0.2) is 5.96 Å². The third kappa shape index (κ3) is 10.7. The van der Waals surface area contributed by atoms with E-state index in [9.17, 15) is 13.2 Å². The Kier molecular flexibility index (Phi) is 6.57. The summed E-state index contributed by atoms with van der Waals surface area (Å²) >= 11 is 0. The molecule has 15 heavy (non-hydrogen) atoms. The molecule has 0 aromatic rings. The molecule has 6 heteroatoms. The molecule has 0 spiro atoms. The molecule has 88 valence electrons. The molecule has 0 fully saturated rings. The highest BCUT2D eigenvalue weighted by Gasteiger charge is 2.25. The summed E-state index contributed by atoms with van der Waals surface area (Å²) in [6.45, 7) is 4.28. The number of hydrogen-bond acceptors (Lipinski definition) is 1. The number of halogens is 3. The largest absolute Gasteiger partial charge is 0.389 e. The summed E-state index contributed by atoms with van der Waals surface area (Å²) in [7, 11) is 0. The van der Waals surface area contributed by atoms with Crippen LogP contribution in [-0.2, 0) is 0 Å². The number of alkyl halides is 3. The number of hydrogen-bond donors (Lipinski definition) is 2. The van der Waals surface area contributed by atoms with Gasteiger partial charge in [-0.1, -0.05) is 6.08 Å². The van der Waals surface area contributed by atoms with Gasteiger partial charge in [0.05, 0.1) is 0 Å². The maximum atomic E-state index is 11.7. The number of unbranched alkanes of at least 4 members (excludes halogenated alkanes) is 1. The Balaban J connectivity index is 3.48. The molecular weight excluding hydrogens is 207 g/mol. The van der Waals surface area contributed by atoms with Crippen molar-refractivity contribution in [1.29, 1.82) is 0 Å². The topological polar surface area (TPSA) is 50.4 Å². The van der Waals surface area contributed by atoms with Gasteiger partial charge in [-0.2, -0.15) is 13.2 Å². The molecule has 3 N–H and O–H groups in total. The highest BCUT2D eigenvalue weighted by Crippen LogP contribution is 2.21. The second-order valence-corrected chi connectivity index (χ2v) is 3.01. The van der Waals surface area contributed by atoms with E-state index in [1.807, 2.05) is 0 Å². The summed E-state index contributed by atoms with van der Waals surface area (Å²) in [6, 6.07) is 0. The van der Waals surface area contributed by atoms with E-state index < -0.39 is 12.6 Å². The van der Waals surface area contributed by atoms with Crippen LogP contribution >= 0.6 is 0 Å². The van der Waals surface area contributed by atoms with Gasteiger partial charge in [0, 0.05) is 19.5 Å². The molecule has 0 saturated carbocycles. The average molecular weight is 223 g/mol. The van der Waals surface area contributed by atoms with E-state index in [1.54, 1.807) is 6.08 Å². The van der Waals surface area contributed by atoms with Crippen LogP contribution in [0.3, 0.4) is 0 Å². The predicted molar refractivity (Wildman–Crippen MR) is 54.6 cm³/mol. The van der Waals surface area contributed by atoms with Crippen molar-refractivity contribution in [1.82, 2.24) is 5.32 Å². The molecular formula is C9H16F3N3. The standard InChI is InChI=1S/C9H16F3N3/c1-2-6-14-8(13)15-7-4-3-5-9(10,11)12/h2H,1,3-7H2,(H3,13,14,15). The summed E-state index contributed by atoms with van der Waals surface area (Å²) in [6.07, 6.45) is -2.75. The first-order valence-corrected chi connectivity index (χ1v) is 4.67. The molecule has 3 nitrogen and oxygen atoms in total. The Labute approximate surface area is 87.3 Å². The Morgan fingerprint density at radius 1 is 1.40 bits per heavy atom. The predicted octanol–water partition coefficient (Wildman–Crippen LogP) is 1.81. The molecule has 0 heterocycles. The summed E-state index contributed by atoms with van der Waals surface area (Å²) in [4.78, 5) is 3.85. The molecule has 0 aromatic carbocycles. The summed E-state index contributed by atoms with van der Waals surface area (Å²) < 4.78 is 35.2. The van der Waals surface area contributed by atoms with Crippen molar-refractivity contribution < 1.29 is 13.2 Å². The van der Waals surface area contributed by atoms with E-state index in [1.165, 1.54) is 0 Å². The van der Waals surface area contributed by atoms with Crippen LogP contribution in [0.15, 0.2) is 17.6 Å². The van der Waals surface area contributed by atoms with E-state index in [4.69, 9.17) is 5.73 Å². The Morgan fingerprint density at radius 3 is 2.60 bits per heavy atom. The van der Waals surface area contributed by atoms with Crippen molar-refractivity contribution in [3.8, 4) is 0 Å². The first-order valence-electron chi connectivity index (χ1n) is 4.67. The number of guanidine groups is 1. The maximum absolute atomic E-state index is 11.7. The number of nitrogens with zero attached hydrogens (tertiary/aromatic N) is 1. The molecule has 0 saturated heterocycles. The van der Waals surface area contributed by atoms with E-state index in [2.05, 4.69) is 16.9 Å². The molecule has 0 amide bonds. The van der Waals surface area contributed by atoms with Gasteiger partial charge < -0.3 is 11.1 Å². The highest BCUT2D eigenvalue weighted by molar-refractivity contribution is 5.77. The van der Waals surface area contributed by atoms with Gasteiger partial charge >= 0.3 is 6.18 Å². The van der Waals surface area contributed by atoms with Crippen molar-refractivity contribution >= 4 is 5.96 Å². The normalized spacial score (nSPS) is 12.6. The molecule has 0 rings (SSSR count). The zero-order chi connectivity index (χ0) is 11.7. The lowest BCUT2D eigenvalue weighted by Gasteiger charge is -2.05. The minimum atomic E-state index is -4.07. The van der Waals surface area contributed by atoms with Gasteiger partial charge in [0.25, 0.3) is 0 Å². The third-order valence-corrected chi connectivity index (χ3v) is 1.58. The van der Waals surface area contributed by atoms with Crippen LogP contribution in [0.5, 0.6) is 0 Å². The highest BCUT2D eigenvalue weighted by atomic mass is 19.4. The van der Waals surface area contributed by atoms with Crippen LogP contribution in [0.25, 0.3) is 0 Å². The number of nitrogens with one attached hydrogen (secondary N) is 1. The molecule has 0 aliphatic rings. The van der Waals surface area contributed by atoms with Gasteiger partial charge in [0.1, 0.15) is 0 Å². The van der Waals surface area contributed by atoms with Crippen molar-refractivity contribution in [2.75, 3.05) is 13.1 Å². The Morgan fingerprint density at radius 2 is 2.07 bits per heavy atom. The minimum Gasteiger partial charge on any atom is -0.370 e. The molecule has 0 atom stereocenters. The quantitative estimate of drug-likeness (QED) is 0.312. The lowest BCUT2D eigenvalue weighted by Crippen LogP contribution is -2.31. The first-order chi connectivity index (χ1) is 6.95. The van der Waals surface area contributed by atoms with E-state index in [0.717, 1.165) is 0 Å². The fraction of sp³-hybridized carbons (Fsp3) is 0.667. The van der Waals surface area contributed by atoms with Crippen LogP contribution < -0.4 is 11.1 Å². The summed E-state index contributed by atoms with van der Waals surface area (Å²) in [5.74, 6) is 0.238. The lowest BCUT2D eigenvalue weighted by atomic mass is 10.2. The number of rotatable bonds is 6. The fourth-order valence-corrected chi connectivity index (χ4v) is 0.869. The molecule has 0 aliphatic heterocycles. The Hall–Kier alpha value is -1.20. The van der Waals surface area contributed by atoms with Crippen molar-refractivity contribution in [3.05, 3.63) is 12.7 Å². The monoisotopic (exact) mass is 223 g/mol. The lowest BCUT2D eigenvalue weighted by molar-refractivity contribution is -0.135. The second-order valence-electron chi connectivity index (χ2n) is 3.01. The van der Waals surface area contributed by atoms with Crippen molar-refractivity contribution in [3.63, 3.8) is 0 Å². The third-order valence-electron chi connectivity index (χ3n) is 1.58. The zero-order valence-corrected chi connectivity index (χ0v) is 8.48.